The number of rotatable bonds is 5. The summed E-state index contributed by atoms with van der Waals surface area (Å²) in [4.78, 5) is 14.2. The van der Waals surface area contributed by atoms with Crippen LogP contribution in [0.25, 0.3) is 10.9 Å². The minimum atomic E-state index is -0.852. The lowest BCUT2D eigenvalue weighted by Gasteiger charge is -2.10. The predicted molar refractivity (Wildman–Crippen MR) is 69.0 cm³/mol. The summed E-state index contributed by atoms with van der Waals surface area (Å²) in [6.07, 6.45) is 2.27. The van der Waals surface area contributed by atoms with E-state index in [1.807, 2.05) is 24.4 Å². The summed E-state index contributed by atoms with van der Waals surface area (Å²) in [7, 11) is 3.26. The standard InChI is InChI=1S/C13H16N2O3/c1-14-12(13(16)17)5-8-7-15-11-4-3-9(18-2)6-10(8)11/h3-4,6-7,12,14-15H,5H2,1-2H3,(H,16,17)/t12-/m0/s1. The van der Waals surface area contributed by atoms with Gasteiger partial charge in [-0.25, -0.2) is 0 Å². The van der Waals surface area contributed by atoms with Crippen LogP contribution in [-0.2, 0) is 11.2 Å². The summed E-state index contributed by atoms with van der Waals surface area (Å²) < 4.78 is 5.18. The summed E-state index contributed by atoms with van der Waals surface area (Å²) >= 11 is 0. The average Bonchev–Trinajstić information content (AvgIpc) is 2.77. The van der Waals surface area contributed by atoms with E-state index in [9.17, 15) is 4.79 Å². The monoisotopic (exact) mass is 248 g/mol. The number of aromatic amines is 1. The van der Waals surface area contributed by atoms with Gasteiger partial charge in [-0.1, -0.05) is 0 Å². The second kappa shape index (κ2) is 5.10. The van der Waals surface area contributed by atoms with E-state index in [0.29, 0.717) is 6.42 Å². The third-order valence-electron chi connectivity index (χ3n) is 3.05. The fourth-order valence-electron chi connectivity index (χ4n) is 1.99. The number of carboxylic acids is 1. The molecule has 1 aromatic heterocycles. The van der Waals surface area contributed by atoms with Gasteiger partial charge in [-0.15, -0.1) is 0 Å². The van der Waals surface area contributed by atoms with Crippen LogP contribution in [0.2, 0.25) is 0 Å². The second-order valence-electron chi connectivity index (χ2n) is 4.11. The number of aliphatic carboxylic acids is 1. The van der Waals surface area contributed by atoms with Crippen molar-refractivity contribution in [2.45, 2.75) is 12.5 Å². The van der Waals surface area contributed by atoms with E-state index in [1.165, 1.54) is 0 Å². The Hall–Kier alpha value is -2.01. The lowest BCUT2D eigenvalue weighted by atomic mass is 10.1. The number of hydrogen-bond donors (Lipinski definition) is 3. The van der Waals surface area contributed by atoms with Gasteiger partial charge in [-0.3, -0.25) is 4.79 Å². The number of H-pyrrole nitrogens is 1. The molecule has 0 unspecified atom stereocenters. The van der Waals surface area contributed by atoms with Gasteiger partial charge in [0, 0.05) is 23.5 Å². The Bertz CT molecular complexity index is 562. The Morgan fingerprint density at radius 2 is 2.33 bits per heavy atom. The Morgan fingerprint density at radius 3 is 2.94 bits per heavy atom. The van der Waals surface area contributed by atoms with Gasteiger partial charge >= 0.3 is 5.97 Å². The zero-order valence-electron chi connectivity index (χ0n) is 10.4. The number of nitrogens with one attached hydrogen (secondary N) is 2. The molecule has 1 aromatic carbocycles. The molecule has 18 heavy (non-hydrogen) atoms. The Balaban J connectivity index is 2.35. The van der Waals surface area contributed by atoms with Crippen molar-refractivity contribution in [1.82, 2.24) is 10.3 Å². The zero-order valence-corrected chi connectivity index (χ0v) is 10.4. The van der Waals surface area contributed by atoms with Crippen molar-refractivity contribution in [3.8, 4) is 5.75 Å². The number of methoxy groups -OCH3 is 1. The van der Waals surface area contributed by atoms with Crippen LogP contribution in [0.5, 0.6) is 5.75 Å². The van der Waals surface area contributed by atoms with Crippen LogP contribution in [-0.4, -0.2) is 36.3 Å². The molecule has 0 spiro atoms. The average molecular weight is 248 g/mol. The van der Waals surface area contributed by atoms with E-state index in [0.717, 1.165) is 22.2 Å². The summed E-state index contributed by atoms with van der Waals surface area (Å²) in [5.74, 6) is -0.0885. The summed E-state index contributed by atoms with van der Waals surface area (Å²) in [5, 5.41) is 12.8. The maximum absolute atomic E-state index is 11.0. The van der Waals surface area contributed by atoms with Gasteiger partial charge in [0.25, 0.3) is 0 Å². The molecule has 1 heterocycles. The van der Waals surface area contributed by atoms with E-state index in [2.05, 4.69) is 10.3 Å². The highest BCUT2D eigenvalue weighted by atomic mass is 16.5. The molecule has 0 radical (unpaired) electrons. The van der Waals surface area contributed by atoms with Gasteiger partial charge in [0.2, 0.25) is 0 Å². The molecule has 3 N–H and O–H groups in total. The molecule has 0 bridgehead atoms. The van der Waals surface area contributed by atoms with Crippen molar-refractivity contribution in [3.63, 3.8) is 0 Å². The minimum absolute atomic E-state index is 0.430. The third kappa shape index (κ3) is 2.31. The molecular weight excluding hydrogens is 232 g/mol. The predicted octanol–water partition coefficient (Wildman–Crippen LogP) is 1.39. The smallest absolute Gasteiger partial charge is 0.321 e. The highest BCUT2D eigenvalue weighted by Crippen LogP contribution is 2.24. The fraction of sp³-hybridized carbons (Fsp3) is 0.308. The summed E-state index contributed by atoms with van der Waals surface area (Å²) in [6, 6.07) is 5.12. The minimum Gasteiger partial charge on any atom is -0.497 e. The van der Waals surface area contributed by atoms with Crippen molar-refractivity contribution in [3.05, 3.63) is 30.0 Å². The normalized spacial score (nSPS) is 12.6. The van der Waals surface area contributed by atoms with Crippen molar-refractivity contribution < 1.29 is 14.6 Å². The van der Waals surface area contributed by atoms with Crippen molar-refractivity contribution in [2.24, 2.45) is 0 Å². The molecule has 0 aliphatic rings. The number of benzene rings is 1. The van der Waals surface area contributed by atoms with E-state index < -0.39 is 12.0 Å². The van der Waals surface area contributed by atoms with Crippen LogP contribution in [0.4, 0.5) is 0 Å². The highest BCUT2D eigenvalue weighted by molar-refractivity contribution is 5.85. The number of carbonyl (C=O) groups is 1. The van der Waals surface area contributed by atoms with E-state index in [1.54, 1.807) is 14.2 Å². The molecule has 0 saturated carbocycles. The van der Waals surface area contributed by atoms with E-state index >= 15 is 0 Å². The number of ether oxygens (including phenoxy) is 1. The van der Waals surface area contributed by atoms with Crippen LogP contribution in [0.3, 0.4) is 0 Å². The largest absolute Gasteiger partial charge is 0.497 e. The number of likely N-dealkylation sites (N-methyl/N-ethyl adjacent to an activating group) is 1. The first-order valence-electron chi connectivity index (χ1n) is 5.69. The lowest BCUT2D eigenvalue weighted by Crippen LogP contribution is -2.35. The molecule has 96 valence electrons. The molecule has 0 aliphatic carbocycles. The van der Waals surface area contributed by atoms with Crippen LogP contribution in [0.1, 0.15) is 5.56 Å². The quantitative estimate of drug-likeness (QED) is 0.747. The molecule has 5 nitrogen and oxygen atoms in total. The van der Waals surface area contributed by atoms with Gasteiger partial charge in [-0.05, 0) is 30.8 Å². The molecule has 0 aliphatic heterocycles. The number of hydrogen-bond acceptors (Lipinski definition) is 3. The number of aromatic nitrogens is 1. The molecule has 2 rings (SSSR count). The van der Waals surface area contributed by atoms with Crippen molar-refractivity contribution >= 4 is 16.9 Å². The number of fused-ring (bicyclic) bond motifs is 1. The summed E-state index contributed by atoms with van der Waals surface area (Å²) in [6.45, 7) is 0. The van der Waals surface area contributed by atoms with Crippen LogP contribution < -0.4 is 10.1 Å². The van der Waals surface area contributed by atoms with Gasteiger partial charge in [-0.2, -0.15) is 0 Å². The molecule has 1 atom stereocenters. The third-order valence-corrected chi connectivity index (χ3v) is 3.05. The highest BCUT2D eigenvalue weighted by Gasteiger charge is 2.17. The van der Waals surface area contributed by atoms with Gasteiger partial charge in [0.15, 0.2) is 0 Å². The fourth-order valence-corrected chi connectivity index (χ4v) is 1.99. The molecular formula is C13H16N2O3. The van der Waals surface area contributed by atoms with Crippen LogP contribution >= 0.6 is 0 Å². The molecule has 0 fully saturated rings. The second-order valence-corrected chi connectivity index (χ2v) is 4.11. The SMILES string of the molecule is CN[C@@H](Cc1c[nH]c2ccc(OC)cc12)C(=O)O. The van der Waals surface area contributed by atoms with Crippen LogP contribution in [0, 0.1) is 0 Å². The topological polar surface area (TPSA) is 74.3 Å². The van der Waals surface area contributed by atoms with Crippen molar-refractivity contribution in [2.75, 3.05) is 14.2 Å². The Labute approximate surface area is 105 Å². The maximum atomic E-state index is 11.0. The van der Waals surface area contributed by atoms with E-state index in [4.69, 9.17) is 9.84 Å². The first-order valence-corrected chi connectivity index (χ1v) is 5.69. The molecule has 0 amide bonds. The first-order chi connectivity index (χ1) is 8.65. The van der Waals surface area contributed by atoms with Crippen molar-refractivity contribution in [1.29, 1.82) is 0 Å². The zero-order chi connectivity index (χ0) is 13.1. The Kier molecular flexibility index (Phi) is 3.53. The number of carboxylic acid groups (broad SMARTS) is 1. The lowest BCUT2D eigenvalue weighted by molar-refractivity contribution is -0.139. The molecule has 0 saturated heterocycles. The van der Waals surface area contributed by atoms with Gasteiger partial charge < -0.3 is 20.1 Å². The maximum Gasteiger partial charge on any atom is 0.321 e. The Morgan fingerprint density at radius 1 is 1.56 bits per heavy atom. The van der Waals surface area contributed by atoms with Gasteiger partial charge in [0.05, 0.1) is 7.11 Å². The van der Waals surface area contributed by atoms with Gasteiger partial charge in [0.1, 0.15) is 11.8 Å². The van der Waals surface area contributed by atoms with E-state index in [-0.39, 0.29) is 0 Å². The summed E-state index contributed by atoms with van der Waals surface area (Å²) in [5.41, 5.74) is 1.94. The molecule has 2 aromatic rings. The first kappa shape index (κ1) is 12.4. The molecule has 5 heteroatoms. The van der Waals surface area contributed by atoms with Crippen LogP contribution in [0.15, 0.2) is 24.4 Å².